The van der Waals surface area contributed by atoms with E-state index >= 15 is 0 Å². The Morgan fingerprint density at radius 1 is 1.40 bits per heavy atom. The van der Waals surface area contributed by atoms with E-state index < -0.39 is 6.10 Å². The maximum absolute atomic E-state index is 12.5. The molecule has 1 aromatic carbocycles. The van der Waals surface area contributed by atoms with Crippen molar-refractivity contribution >= 4 is 12.2 Å². The molecule has 2 rings (SSSR count). The fourth-order valence-corrected chi connectivity index (χ4v) is 3.21. The van der Waals surface area contributed by atoms with E-state index in [2.05, 4.69) is 0 Å². The third kappa shape index (κ3) is 4.95. The molecular weight excluding hydrogens is 322 g/mol. The Kier molecular flexibility index (Phi) is 7.25. The highest BCUT2D eigenvalue weighted by Crippen LogP contribution is 2.28. The molecule has 0 bridgehead atoms. The number of likely N-dealkylation sites (tertiary alicyclic amines) is 1. The molecule has 0 aromatic heterocycles. The Labute approximate surface area is 148 Å². The van der Waals surface area contributed by atoms with Crippen molar-refractivity contribution in [2.24, 2.45) is 0 Å². The first-order valence-electron chi connectivity index (χ1n) is 8.84. The molecule has 1 heterocycles. The molecule has 0 spiro atoms. The highest BCUT2D eigenvalue weighted by molar-refractivity contribution is 5.77. The second-order valence-corrected chi connectivity index (χ2v) is 6.25. The number of benzene rings is 1. The SMILES string of the molecule is CCC(O)C1CCCCN1C(=O)CCOc1ccc(C=O)cc1OC. The van der Waals surface area contributed by atoms with E-state index in [1.54, 1.807) is 23.1 Å². The maximum Gasteiger partial charge on any atom is 0.226 e. The van der Waals surface area contributed by atoms with Crippen molar-refractivity contribution < 1.29 is 24.2 Å². The van der Waals surface area contributed by atoms with Gasteiger partial charge in [0.05, 0.1) is 32.3 Å². The number of aliphatic hydroxyl groups excluding tert-OH is 1. The molecule has 6 nitrogen and oxygen atoms in total. The summed E-state index contributed by atoms with van der Waals surface area (Å²) in [5.74, 6) is 0.972. The van der Waals surface area contributed by atoms with Crippen LogP contribution in [0.25, 0.3) is 0 Å². The quantitative estimate of drug-likeness (QED) is 0.730. The van der Waals surface area contributed by atoms with Gasteiger partial charge in [0.25, 0.3) is 0 Å². The van der Waals surface area contributed by atoms with Crippen molar-refractivity contribution in [2.45, 2.75) is 51.2 Å². The molecule has 0 radical (unpaired) electrons. The molecule has 0 saturated carbocycles. The second-order valence-electron chi connectivity index (χ2n) is 6.25. The molecule has 1 amide bonds. The molecule has 25 heavy (non-hydrogen) atoms. The van der Waals surface area contributed by atoms with Crippen LogP contribution < -0.4 is 9.47 Å². The van der Waals surface area contributed by atoms with E-state index in [1.807, 2.05) is 6.92 Å². The minimum atomic E-state index is -0.471. The zero-order valence-corrected chi connectivity index (χ0v) is 14.9. The Balaban J connectivity index is 1.92. The van der Waals surface area contributed by atoms with Crippen molar-refractivity contribution in [2.75, 3.05) is 20.3 Å². The molecule has 1 aliphatic heterocycles. The van der Waals surface area contributed by atoms with Crippen LogP contribution in [0.2, 0.25) is 0 Å². The number of amides is 1. The van der Waals surface area contributed by atoms with Gasteiger partial charge in [-0.25, -0.2) is 0 Å². The van der Waals surface area contributed by atoms with Crippen molar-refractivity contribution in [3.8, 4) is 11.5 Å². The first-order chi connectivity index (χ1) is 12.1. The number of hydrogen-bond acceptors (Lipinski definition) is 5. The summed E-state index contributed by atoms with van der Waals surface area (Å²) in [6.07, 6.45) is 4.02. The predicted molar refractivity (Wildman–Crippen MR) is 94.1 cm³/mol. The molecule has 6 heteroatoms. The smallest absolute Gasteiger partial charge is 0.226 e. The molecule has 2 unspecified atom stereocenters. The van der Waals surface area contributed by atoms with Gasteiger partial charge in [-0.2, -0.15) is 0 Å². The number of piperidine rings is 1. The van der Waals surface area contributed by atoms with Gasteiger partial charge in [-0.15, -0.1) is 0 Å². The predicted octanol–water partition coefficient (Wildman–Crippen LogP) is 2.43. The van der Waals surface area contributed by atoms with E-state index in [1.165, 1.54) is 7.11 Å². The molecule has 1 saturated heterocycles. The summed E-state index contributed by atoms with van der Waals surface area (Å²) in [6, 6.07) is 4.82. The van der Waals surface area contributed by atoms with Crippen molar-refractivity contribution in [3.05, 3.63) is 23.8 Å². The molecule has 138 valence electrons. The van der Waals surface area contributed by atoms with Gasteiger partial charge >= 0.3 is 0 Å². The molecule has 1 N–H and O–H groups in total. The third-order valence-electron chi connectivity index (χ3n) is 4.63. The van der Waals surface area contributed by atoms with Crippen LogP contribution >= 0.6 is 0 Å². The van der Waals surface area contributed by atoms with Crippen molar-refractivity contribution in [1.82, 2.24) is 4.90 Å². The minimum absolute atomic E-state index is 0.000628. The number of rotatable bonds is 8. The van der Waals surface area contributed by atoms with Crippen molar-refractivity contribution in [3.63, 3.8) is 0 Å². The van der Waals surface area contributed by atoms with E-state index in [9.17, 15) is 14.7 Å². The number of aldehydes is 1. The lowest BCUT2D eigenvalue weighted by Crippen LogP contribution is -2.49. The van der Waals surface area contributed by atoms with Gasteiger partial charge in [-0.1, -0.05) is 6.92 Å². The monoisotopic (exact) mass is 349 g/mol. The summed E-state index contributed by atoms with van der Waals surface area (Å²) >= 11 is 0. The number of methoxy groups -OCH3 is 1. The second kappa shape index (κ2) is 9.42. The Hall–Kier alpha value is -2.08. The van der Waals surface area contributed by atoms with Gasteiger partial charge in [0.2, 0.25) is 5.91 Å². The fraction of sp³-hybridized carbons (Fsp3) is 0.579. The summed E-state index contributed by atoms with van der Waals surface area (Å²) in [7, 11) is 1.51. The van der Waals surface area contributed by atoms with E-state index in [-0.39, 0.29) is 25.0 Å². The topological polar surface area (TPSA) is 76.1 Å². The van der Waals surface area contributed by atoms with Gasteiger partial charge in [0, 0.05) is 12.1 Å². The molecule has 1 fully saturated rings. The zero-order chi connectivity index (χ0) is 18.2. The van der Waals surface area contributed by atoms with Crippen LogP contribution in [0.15, 0.2) is 18.2 Å². The summed E-state index contributed by atoms with van der Waals surface area (Å²) in [4.78, 5) is 25.1. The first-order valence-corrected chi connectivity index (χ1v) is 8.84. The highest BCUT2D eigenvalue weighted by atomic mass is 16.5. The summed E-state index contributed by atoms with van der Waals surface area (Å²) in [5, 5.41) is 10.2. The highest BCUT2D eigenvalue weighted by Gasteiger charge is 2.30. The van der Waals surface area contributed by atoms with Gasteiger partial charge in [-0.3, -0.25) is 9.59 Å². The summed E-state index contributed by atoms with van der Waals surface area (Å²) in [5.41, 5.74) is 0.505. The normalized spacial score (nSPS) is 18.5. The van der Waals surface area contributed by atoms with Crippen LogP contribution in [0.1, 0.15) is 49.4 Å². The third-order valence-corrected chi connectivity index (χ3v) is 4.63. The van der Waals surface area contributed by atoms with E-state index in [4.69, 9.17) is 9.47 Å². The standard InChI is InChI=1S/C19H27NO5/c1-3-16(22)15-6-4-5-10-20(15)19(23)9-11-25-17-8-7-14(13-21)12-18(17)24-2/h7-8,12-13,15-16,22H,3-6,9-11H2,1-2H3. The average Bonchev–Trinajstić information content (AvgIpc) is 2.67. The lowest BCUT2D eigenvalue weighted by molar-refractivity contribution is -0.138. The number of nitrogens with zero attached hydrogens (tertiary/aromatic N) is 1. The van der Waals surface area contributed by atoms with Crippen LogP contribution in [0.4, 0.5) is 0 Å². The lowest BCUT2D eigenvalue weighted by Gasteiger charge is -2.38. The maximum atomic E-state index is 12.5. The lowest BCUT2D eigenvalue weighted by atomic mass is 9.95. The first kappa shape index (κ1) is 19.2. The molecule has 1 aromatic rings. The molecular formula is C19H27NO5. The van der Waals surface area contributed by atoms with Gasteiger partial charge < -0.3 is 19.5 Å². The number of carbonyl (C=O) groups excluding carboxylic acids is 2. The van der Waals surface area contributed by atoms with Crippen LogP contribution in [-0.4, -0.2) is 54.6 Å². The fourth-order valence-electron chi connectivity index (χ4n) is 3.21. The number of aliphatic hydroxyl groups is 1. The van der Waals surface area contributed by atoms with Crippen LogP contribution in [0.3, 0.4) is 0 Å². The summed E-state index contributed by atoms with van der Waals surface area (Å²) < 4.78 is 10.9. The number of ether oxygens (including phenoxy) is 2. The van der Waals surface area contributed by atoms with E-state index in [0.717, 1.165) is 25.5 Å². The minimum Gasteiger partial charge on any atom is -0.493 e. The molecule has 2 atom stereocenters. The Morgan fingerprint density at radius 3 is 2.88 bits per heavy atom. The number of carbonyl (C=O) groups is 2. The Bertz CT molecular complexity index is 589. The molecule has 0 aliphatic carbocycles. The van der Waals surface area contributed by atoms with E-state index in [0.29, 0.717) is 30.0 Å². The van der Waals surface area contributed by atoms with Crippen LogP contribution in [-0.2, 0) is 4.79 Å². The largest absolute Gasteiger partial charge is 0.493 e. The number of hydrogen-bond donors (Lipinski definition) is 1. The van der Waals surface area contributed by atoms with Gasteiger partial charge in [0.1, 0.15) is 6.29 Å². The van der Waals surface area contributed by atoms with Gasteiger partial charge in [-0.05, 0) is 43.9 Å². The summed E-state index contributed by atoms with van der Waals surface area (Å²) in [6.45, 7) is 2.85. The van der Waals surface area contributed by atoms with Gasteiger partial charge in [0.15, 0.2) is 11.5 Å². The van der Waals surface area contributed by atoms with Crippen molar-refractivity contribution in [1.29, 1.82) is 0 Å². The zero-order valence-electron chi connectivity index (χ0n) is 14.9. The molecule has 1 aliphatic rings. The van der Waals surface area contributed by atoms with Crippen LogP contribution in [0.5, 0.6) is 11.5 Å². The Morgan fingerprint density at radius 2 is 2.20 bits per heavy atom. The average molecular weight is 349 g/mol. The van der Waals surface area contributed by atoms with Crippen LogP contribution in [0, 0.1) is 0 Å².